The summed E-state index contributed by atoms with van der Waals surface area (Å²) >= 11 is 0. The van der Waals surface area contributed by atoms with Crippen molar-refractivity contribution in [3.8, 4) is 6.07 Å². The summed E-state index contributed by atoms with van der Waals surface area (Å²) in [7, 11) is 0. The summed E-state index contributed by atoms with van der Waals surface area (Å²) in [6.45, 7) is 2.30. The molecular weight excluding hydrogens is 193 g/mol. The van der Waals surface area contributed by atoms with Gasteiger partial charge in [0, 0.05) is 13.1 Å². The van der Waals surface area contributed by atoms with Crippen molar-refractivity contribution in [2.24, 2.45) is 11.3 Å². The van der Waals surface area contributed by atoms with E-state index >= 15 is 0 Å². The first-order chi connectivity index (χ1) is 6.37. The molecule has 0 amide bonds. The third kappa shape index (κ3) is 3.18. The van der Waals surface area contributed by atoms with Gasteiger partial charge < -0.3 is 5.32 Å². The summed E-state index contributed by atoms with van der Waals surface area (Å²) in [6.07, 6.45) is -2.29. The second kappa shape index (κ2) is 3.77. The molecule has 1 rings (SSSR count). The Labute approximate surface area is 81.1 Å². The van der Waals surface area contributed by atoms with Gasteiger partial charge in [0.1, 0.15) is 0 Å². The third-order valence-electron chi connectivity index (χ3n) is 2.55. The molecule has 1 N–H and O–H groups in total. The van der Waals surface area contributed by atoms with Crippen LogP contribution in [0.1, 0.15) is 19.8 Å². The average molecular weight is 206 g/mol. The van der Waals surface area contributed by atoms with E-state index in [1.165, 1.54) is 6.07 Å². The van der Waals surface area contributed by atoms with Gasteiger partial charge in [-0.3, -0.25) is 0 Å². The van der Waals surface area contributed by atoms with Crippen molar-refractivity contribution < 1.29 is 13.2 Å². The topological polar surface area (TPSA) is 35.8 Å². The van der Waals surface area contributed by atoms with Gasteiger partial charge in [-0.15, -0.1) is 0 Å². The highest BCUT2D eigenvalue weighted by Crippen LogP contribution is 2.44. The van der Waals surface area contributed by atoms with E-state index in [9.17, 15) is 13.2 Å². The Morgan fingerprint density at radius 2 is 2.07 bits per heavy atom. The molecule has 80 valence electrons. The minimum absolute atomic E-state index is 0.172. The average Bonchev–Trinajstić information content (AvgIpc) is 2.76. The normalized spacial score (nSPS) is 21.4. The number of rotatable bonds is 4. The molecule has 0 aromatic rings. The van der Waals surface area contributed by atoms with Gasteiger partial charge in [-0.05, 0) is 18.3 Å². The fourth-order valence-corrected chi connectivity index (χ4v) is 1.14. The molecule has 0 saturated heterocycles. The second-order valence-electron chi connectivity index (χ2n) is 4.16. The lowest BCUT2D eigenvalue weighted by atomic mass is 10.1. The van der Waals surface area contributed by atoms with Crippen LogP contribution in [-0.4, -0.2) is 19.3 Å². The number of nitrogens with one attached hydrogen (secondary N) is 1. The summed E-state index contributed by atoms with van der Waals surface area (Å²) in [5, 5.41) is 11.0. The monoisotopic (exact) mass is 206 g/mol. The van der Waals surface area contributed by atoms with E-state index in [0.29, 0.717) is 6.54 Å². The molecule has 0 radical (unpaired) electrons. The molecule has 1 aliphatic rings. The van der Waals surface area contributed by atoms with Crippen LogP contribution in [-0.2, 0) is 0 Å². The minimum atomic E-state index is -4.41. The molecule has 0 aromatic heterocycles. The van der Waals surface area contributed by atoms with Gasteiger partial charge >= 0.3 is 6.18 Å². The minimum Gasteiger partial charge on any atom is -0.315 e. The molecule has 0 aromatic carbocycles. The first kappa shape index (κ1) is 11.3. The Kier molecular flexibility index (Phi) is 3.05. The van der Waals surface area contributed by atoms with E-state index in [-0.39, 0.29) is 12.0 Å². The standard InChI is InChI=1S/C9H13F3N2/c1-8(2-3-8)6-14-5-7(4-13)9(10,11)12/h7,14H,2-3,5-6H2,1H3. The van der Waals surface area contributed by atoms with E-state index in [2.05, 4.69) is 5.32 Å². The summed E-state index contributed by atoms with van der Waals surface area (Å²) < 4.78 is 36.3. The van der Waals surface area contributed by atoms with Gasteiger partial charge in [-0.2, -0.15) is 18.4 Å². The number of hydrogen-bond donors (Lipinski definition) is 1. The van der Waals surface area contributed by atoms with Crippen LogP contribution in [0.2, 0.25) is 0 Å². The van der Waals surface area contributed by atoms with E-state index in [4.69, 9.17) is 5.26 Å². The predicted octanol–water partition coefficient (Wildman–Crippen LogP) is 2.08. The largest absolute Gasteiger partial charge is 0.405 e. The molecule has 0 heterocycles. The van der Waals surface area contributed by atoms with Gasteiger partial charge in [0.2, 0.25) is 0 Å². The number of halogens is 3. The van der Waals surface area contributed by atoms with Gasteiger partial charge in [0.05, 0.1) is 6.07 Å². The van der Waals surface area contributed by atoms with Crippen LogP contribution in [0.15, 0.2) is 0 Å². The second-order valence-corrected chi connectivity index (χ2v) is 4.16. The van der Waals surface area contributed by atoms with Crippen molar-refractivity contribution >= 4 is 0 Å². The number of nitrogens with zero attached hydrogens (tertiary/aromatic N) is 1. The molecule has 5 heteroatoms. The maximum absolute atomic E-state index is 12.1. The lowest BCUT2D eigenvalue weighted by molar-refractivity contribution is -0.157. The Balaban J connectivity index is 2.25. The van der Waals surface area contributed by atoms with E-state index in [1.54, 1.807) is 0 Å². The number of nitriles is 1. The molecule has 14 heavy (non-hydrogen) atoms. The van der Waals surface area contributed by atoms with E-state index < -0.39 is 12.1 Å². The van der Waals surface area contributed by atoms with Crippen molar-refractivity contribution in [3.63, 3.8) is 0 Å². The van der Waals surface area contributed by atoms with Crippen molar-refractivity contribution in [1.29, 1.82) is 5.26 Å². The molecular formula is C9H13F3N2. The Hall–Kier alpha value is -0.760. The molecule has 1 aliphatic carbocycles. The number of hydrogen-bond acceptors (Lipinski definition) is 2. The smallest absolute Gasteiger partial charge is 0.315 e. The van der Waals surface area contributed by atoms with Crippen LogP contribution >= 0.6 is 0 Å². The Bertz CT molecular complexity index is 237. The summed E-state index contributed by atoms with van der Waals surface area (Å²) in [5.41, 5.74) is 0.172. The molecule has 0 aliphatic heterocycles. The first-order valence-electron chi connectivity index (χ1n) is 4.54. The highest BCUT2D eigenvalue weighted by atomic mass is 19.4. The van der Waals surface area contributed by atoms with Crippen LogP contribution in [0.5, 0.6) is 0 Å². The molecule has 1 unspecified atom stereocenters. The van der Waals surface area contributed by atoms with Crippen molar-refractivity contribution in [1.82, 2.24) is 5.32 Å². The van der Waals surface area contributed by atoms with Gasteiger partial charge in [-0.25, -0.2) is 0 Å². The lowest BCUT2D eigenvalue weighted by Crippen LogP contribution is -2.34. The molecule has 2 nitrogen and oxygen atoms in total. The van der Waals surface area contributed by atoms with Crippen LogP contribution in [0.25, 0.3) is 0 Å². The Morgan fingerprint density at radius 3 is 2.43 bits per heavy atom. The Morgan fingerprint density at radius 1 is 1.50 bits per heavy atom. The summed E-state index contributed by atoms with van der Waals surface area (Å²) in [6, 6.07) is 1.26. The molecule has 1 atom stereocenters. The predicted molar refractivity (Wildman–Crippen MR) is 45.4 cm³/mol. The fourth-order valence-electron chi connectivity index (χ4n) is 1.14. The zero-order chi connectivity index (χ0) is 10.8. The van der Waals surface area contributed by atoms with Crippen molar-refractivity contribution in [2.75, 3.05) is 13.1 Å². The van der Waals surface area contributed by atoms with Crippen molar-refractivity contribution in [2.45, 2.75) is 25.9 Å². The first-order valence-corrected chi connectivity index (χ1v) is 4.54. The maximum Gasteiger partial charge on any atom is 0.405 e. The van der Waals surface area contributed by atoms with E-state index in [0.717, 1.165) is 12.8 Å². The van der Waals surface area contributed by atoms with Crippen LogP contribution in [0.3, 0.4) is 0 Å². The quantitative estimate of drug-likeness (QED) is 0.764. The summed E-state index contributed by atoms with van der Waals surface area (Å²) in [5.74, 6) is -1.88. The molecule has 0 bridgehead atoms. The molecule has 0 spiro atoms. The number of alkyl halides is 3. The van der Waals surface area contributed by atoms with Gasteiger partial charge in [0.15, 0.2) is 5.92 Å². The van der Waals surface area contributed by atoms with Crippen LogP contribution < -0.4 is 5.32 Å². The lowest BCUT2D eigenvalue weighted by Gasteiger charge is -2.15. The highest BCUT2D eigenvalue weighted by molar-refractivity contribution is 4.93. The SMILES string of the molecule is CC1(CNCC(C#N)C(F)(F)F)CC1. The highest BCUT2D eigenvalue weighted by Gasteiger charge is 2.41. The van der Waals surface area contributed by atoms with Crippen LogP contribution in [0.4, 0.5) is 13.2 Å². The summed E-state index contributed by atoms with van der Waals surface area (Å²) in [4.78, 5) is 0. The zero-order valence-corrected chi connectivity index (χ0v) is 7.99. The third-order valence-corrected chi connectivity index (χ3v) is 2.55. The molecule has 1 saturated carbocycles. The van der Waals surface area contributed by atoms with E-state index in [1.807, 2.05) is 6.92 Å². The van der Waals surface area contributed by atoms with Gasteiger partial charge in [0.25, 0.3) is 0 Å². The van der Waals surface area contributed by atoms with Crippen molar-refractivity contribution in [3.05, 3.63) is 0 Å². The van der Waals surface area contributed by atoms with Gasteiger partial charge in [-0.1, -0.05) is 6.92 Å². The zero-order valence-electron chi connectivity index (χ0n) is 7.99. The maximum atomic E-state index is 12.1. The van der Waals surface area contributed by atoms with Crippen LogP contribution in [0, 0.1) is 22.7 Å². The fraction of sp³-hybridized carbons (Fsp3) is 0.889. The molecule has 1 fully saturated rings.